The molecule has 0 aliphatic carbocycles. The number of anilines is 2. The van der Waals surface area contributed by atoms with Gasteiger partial charge in [0.05, 0.1) is 35.0 Å². The average Bonchev–Trinajstić information content (AvgIpc) is 3.89. The Balaban J connectivity index is 0.00000220. The molecule has 5 heterocycles. The number of aromatic nitrogens is 4. The number of H-pyrrole nitrogens is 1. The number of alkyl halides is 2. The van der Waals surface area contributed by atoms with Gasteiger partial charge in [-0.05, 0) is 55.8 Å². The highest BCUT2D eigenvalue weighted by Gasteiger charge is 2.53. The molecule has 0 bridgehead atoms. The summed E-state index contributed by atoms with van der Waals surface area (Å²) in [5.74, 6) is -3.87. The lowest BCUT2D eigenvalue weighted by Crippen LogP contribution is -2.48. The van der Waals surface area contributed by atoms with Gasteiger partial charge in [-0.15, -0.1) is 0 Å². The summed E-state index contributed by atoms with van der Waals surface area (Å²) < 4.78 is 66.3. The maximum atomic E-state index is 14.1. The molecule has 13 nitrogen and oxygen atoms in total. The summed E-state index contributed by atoms with van der Waals surface area (Å²) in [6.07, 6.45) is 0.0686. The van der Waals surface area contributed by atoms with Crippen LogP contribution >= 0.6 is 0 Å². The first kappa shape index (κ1) is 34.9. The van der Waals surface area contributed by atoms with Crippen LogP contribution in [0.4, 0.5) is 33.9 Å². The van der Waals surface area contributed by atoms with Crippen LogP contribution in [0.1, 0.15) is 41.9 Å². The smallest absolute Gasteiger partial charge is 0.329 e. The standard InChI is InChI=1S/C32H26F4N8O5.C2H6/c1-15-7-26(49-28-18(33)3-2-4-19(28)34)39-12-23(15)44-29(37)17(11-40-44)27(45)21-8-16-9-24(48-13-25(35)36)22(10-20(16)41-21)43-30(46)32(42-31(43)47)5-6-38-14-32;1-2/h2-4,7-12,25,38,41H,5-6,13-14,37H2,1H3,(H,42,47);1-2H3. The Hall–Kier alpha value is -5.97. The van der Waals surface area contributed by atoms with Crippen molar-refractivity contribution < 1.29 is 41.4 Å². The van der Waals surface area contributed by atoms with Crippen LogP contribution < -0.4 is 30.7 Å². The molecule has 2 aliphatic heterocycles. The molecule has 2 fully saturated rings. The van der Waals surface area contributed by atoms with Gasteiger partial charge in [-0.3, -0.25) is 9.59 Å². The van der Waals surface area contributed by atoms with E-state index in [9.17, 15) is 31.9 Å². The fourth-order valence-electron chi connectivity index (χ4n) is 5.89. The molecule has 17 heteroatoms. The lowest BCUT2D eigenvalue weighted by molar-refractivity contribution is -0.121. The first-order valence-corrected chi connectivity index (χ1v) is 15.9. The molecule has 1 atom stereocenters. The maximum absolute atomic E-state index is 14.1. The van der Waals surface area contributed by atoms with Crippen LogP contribution in [0.25, 0.3) is 16.6 Å². The predicted molar refractivity (Wildman–Crippen MR) is 178 cm³/mol. The number of halogens is 4. The number of aryl methyl sites for hydroxylation is 1. The normalized spacial score (nSPS) is 16.9. The first-order chi connectivity index (χ1) is 24.5. The Morgan fingerprint density at radius 1 is 1.08 bits per heavy atom. The molecule has 1 unspecified atom stereocenters. The van der Waals surface area contributed by atoms with Crippen LogP contribution in [-0.4, -0.2) is 69.1 Å². The number of nitrogens with zero attached hydrogens (tertiary/aromatic N) is 4. The zero-order valence-electron chi connectivity index (χ0n) is 27.5. The van der Waals surface area contributed by atoms with Crippen LogP contribution in [-0.2, 0) is 4.79 Å². The molecule has 2 saturated heterocycles. The fourth-order valence-corrected chi connectivity index (χ4v) is 5.89. The van der Waals surface area contributed by atoms with Crippen molar-refractivity contribution in [1.82, 2.24) is 30.4 Å². The number of benzene rings is 2. The average molecular weight is 709 g/mol. The largest absolute Gasteiger partial charge is 0.485 e. The number of hydrogen-bond acceptors (Lipinski definition) is 9. The summed E-state index contributed by atoms with van der Waals surface area (Å²) >= 11 is 0. The van der Waals surface area contributed by atoms with E-state index in [2.05, 4.69) is 25.7 Å². The summed E-state index contributed by atoms with van der Waals surface area (Å²) in [6.45, 7) is 5.37. The van der Waals surface area contributed by atoms with Gasteiger partial charge in [0.2, 0.25) is 17.4 Å². The van der Waals surface area contributed by atoms with E-state index in [4.69, 9.17) is 15.2 Å². The van der Waals surface area contributed by atoms with Gasteiger partial charge in [0.25, 0.3) is 12.3 Å². The Bertz CT molecular complexity index is 2140. The number of amides is 3. The molecular formula is C34H32F4N8O5. The van der Waals surface area contributed by atoms with Crippen LogP contribution in [0, 0.1) is 18.6 Å². The van der Waals surface area contributed by atoms with Gasteiger partial charge in [-0.2, -0.15) is 5.10 Å². The molecular weight excluding hydrogens is 676 g/mol. The van der Waals surface area contributed by atoms with E-state index in [0.717, 1.165) is 17.0 Å². The molecule has 2 aromatic carbocycles. The van der Waals surface area contributed by atoms with E-state index in [1.807, 2.05) is 13.8 Å². The number of rotatable bonds is 9. The minimum Gasteiger partial charge on any atom is -0.485 e. The van der Waals surface area contributed by atoms with E-state index in [1.54, 1.807) is 6.92 Å². The zero-order chi connectivity index (χ0) is 36.6. The molecule has 3 amide bonds. The van der Waals surface area contributed by atoms with Crippen molar-refractivity contribution in [2.75, 3.05) is 30.3 Å². The van der Waals surface area contributed by atoms with Gasteiger partial charge < -0.3 is 30.8 Å². The third kappa shape index (κ3) is 6.31. The van der Waals surface area contributed by atoms with E-state index >= 15 is 0 Å². The van der Waals surface area contributed by atoms with Crippen molar-refractivity contribution >= 4 is 40.1 Å². The number of ketones is 1. The highest BCUT2D eigenvalue weighted by atomic mass is 19.3. The number of nitrogen functional groups attached to an aromatic ring is 1. The Kier molecular flexibility index (Phi) is 9.40. The van der Waals surface area contributed by atoms with Crippen LogP contribution in [0.3, 0.4) is 0 Å². The van der Waals surface area contributed by atoms with Crippen molar-refractivity contribution in [3.05, 3.63) is 83.3 Å². The van der Waals surface area contributed by atoms with Crippen molar-refractivity contribution in [3.8, 4) is 23.1 Å². The third-order valence-electron chi connectivity index (χ3n) is 8.33. The third-order valence-corrected chi connectivity index (χ3v) is 8.33. The molecule has 5 N–H and O–H groups in total. The number of carbonyl (C=O) groups is 3. The van der Waals surface area contributed by atoms with E-state index in [0.29, 0.717) is 35.1 Å². The predicted octanol–water partition coefficient (Wildman–Crippen LogP) is 5.40. The topological polar surface area (TPSA) is 169 Å². The number of ether oxygens (including phenoxy) is 2. The van der Waals surface area contributed by atoms with Gasteiger partial charge in [0.15, 0.2) is 11.6 Å². The van der Waals surface area contributed by atoms with Crippen LogP contribution in [0.15, 0.2) is 54.9 Å². The summed E-state index contributed by atoms with van der Waals surface area (Å²) in [5, 5.41) is 10.3. The first-order valence-electron chi connectivity index (χ1n) is 15.9. The molecule has 0 radical (unpaired) electrons. The quantitative estimate of drug-likeness (QED) is 0.0890. The second-order valence-corrected chi connectivity index (χ2v) is 11.5. The number of fused-ring (bicyclic) bond motifs is 1. The molecule has 2 aliphatic rings. The van der Waals surface area contributed by atoms with E-state index in [-0.39, 0.29) is 40.9 Å². The Labute approximate surface area is 287 Å². The van der Waals surface area contributed by atoms with Crippen LogP contribution in [0.2, 0.25) is 0 Å². The molecule has 5 aromatic rings. The number of aromatic amines is 1. The zero-order valence-corrected chi connectivity index (χ0v) is 27.5. The fraction of sp³-hybridized carbons (Fsp3) is 0.265. The highest BCUT2D eigenvalue weighted by molar-refractivity contribution is 6.25. The minimum absolute atomic E-state index is 0.00104. The van der Waals surface area contributed by atoms with E-state index < -0.39 is 53.7 Å². The molecule has 3 aromatic heterocycles. The number of carbonyl (C=O) groups excluding carboxylic acids is 3. The monoisotopic (exact) mass is 708 g/mol. The van der Waals surface area contributed by atoms with Gasteiger partial charge >= 0.3 is 6.03 Å². The number of urea groups is 1. The summed E-state index contributed by atoms with van der Waals surface area (Å²) in [5.41, 5.74) is 6.31. The number of nitrogens with two attached hydrogens (primary N) is 1. The molecule has 0 saturated carbocycles. The molecule has 51 heavy (non-hydrogen) atoms. The second kappa shape index (κ2) is 13.7. The molecule has 266 valence electrons. The Morgan fingerprint density at radius 2 is 1.82 bits per heavy atom. The van der Waals surface area contributed by atoms with Gasteiger partial charge in [0.1, 0.15) is 23.7 Å². The van der Waals surface area contributed by atoms with Gasteiger partial charge in [-0.25, -0.2) is 36.9 Å². The van der Waals surface area contributed by atoms with Crippen molar-refractivity contribution in [3.63, 3.8) is 0 Å². The molecule has 1 spiro atoms. The number of pyridine rings is 1. The second-order valence-electron chi connectivity index (χ2n) is 11.5. The molecule has 7 rings (SSSR count). The number of imide groups is 1. The van der Waals surface area contributed by atoms with E-state index in [1.165, 1.54) is 47.4 Å². The van der Waals surface area contributed by atoms with Crippen molar-refractivity contribution in [2.45, 2.75) is 39.2 Å². The lowest BCUT2D eigenvalue weighted by Gasteiger charge is -2.21. The van der Waals surface area contributed by atoms with Gasteiger partial charge in [-0.1, -0.05) is 19.9 Å². The lowest BCUT2D eigenvalue weighted by atomic mass is 9.99. The summed E-state index contributed by atoms with van der Waals surface area (Å²) in [4.78, 5) is 48.0. The highest BCUT2D eigenvalue weighted by Crippen LogP contribution is 2.39. The number of hydrogen-bond donors (Lipinski definition) is 4. The summed E-state index contributed by atoms with van der Waals surface area (Å²) in [6, 6.07) is 8.16. The number of nitrogens with one attached hydrogen (secondary N) is 3. The van der Waals surface area contributed by atoms with Gasteiger partial charge in [0, 0.05) is 23.5 Å². The maximum Gasteiger partial charge on any atom is 0.329 e. The van der Waals surface area contributed by atoms with Crippen molar-refractivity contribution in [2.24, 2.45) is 0 Å². The summed E-state index contributed by atoms with van der Waals surface area (Å²) in [7, 11) is 0. The minimum atomic E-state index is -2.84. The SMILES string of the molecule is CC.Cc1cc(Oc2c(F)cccc2F)ncc1-n1ncc(C(=O)c2cc3cc(OCC(F)F)c(N4C(=O)NC5(CCNC5)C4=O)cc3[nH]2)c1N. The van der Waals surface area contributed by atoms with Crippen molar-refractivity contribution in [1.29, 1.82) is 0 Å². The number of para-hydroxylation sites is 1. The Morgan fingerprint density at radius 3 is 2.49 bits per heavy atom. The van der Waals surface area contributed by atoms with Crippen LogP contribution in [0.5, 0.6) is 17.4 Å².